The van der Waals surface area contributed by atoms with Crippen molar-refractivity contribution in [3.05, 3.63) is 169 Å². The molecule has 3 aliphatic rings. The number of para-hydroxylation sites is 1. The molecule has 6 aromatic rings. The Labute approximate surface area is 355 Å². The molecule has 4 heterocycles. The number of fused-ring (bicyclic) bond motifs is 5. The zero-order valence-corrected chi connectivity index (χ0v) is 34.7. The average Bonchev–Trinajstić information content (AvgIpc) is 3.65. The van der Waals surface area contributed by atoms with Crippen molar-refractivity contribution in [1.29, 1.82) is 0 Å². The monoisotopic (exact) mass is 835 g/mol. The number of phenols is 1. The quantitative estimate of drug-likeness (QED) is 0.138. The Bertz CT molecular complexity index is 3030. The molecule has 0 radical (unpaired) electrons. The first-order valence-corrected chi connectivity index (χ1v) is 20.4. The molecule has 15 nitrogen and oxygen atoms in total. The second kappa shape index (κ2) is 15.2. The van der Waals surface area contributed by atoms with Crippen LogP contribution in [0.15, 0.2) is 124 Å². The number of amides is 2. The summed E-state index contributed by atoms with van der Waals surface area (Å²) in [5.41, 5.74) is 4.69. The van der Waals surface area contributed by atoms with Gasteiger partial charge in [0.25, 0.3) is 17.4 Å². The topological polar surface area (TPSA) is 172 Å². The highest BCUT2D eigenvalue weighted by atomic mass is 16.5. The molecule has 316 valence electrons. The van der Waals surface area contributed by atoms with Crippen LogP contribution in [0.5, 0.6) is 17.2 Å². The van der Waals surface area contributed by atoms with Crippen LogP contribution in [0.2, 0.25) is 0 Å². The summed E-state index contributed by atoms with van der Waals surface area (Å²) in [5.74, 6) is -2.22. The summed E-state index contributed by atoms with van der Waals surface area (Å²) in [6.07, 6.45) is 3.80. The van der Waals surface area contributed by atoms with Crippen molar-refractivity contribution in [2.24, 2.45) is 13.0 Å². The van der Waals surface area contributed by atoms with E-state index in [1.54, 1.807) is 55.6 Å². The van der Waals surface area contributed by atoms with Crippen molar-refractivity contribution in [2.45, 2.75) is 56.7 Å². The molecule has 4 aromatic carbocycles. The zero-order chi connectivity index (χ0) is 43.6. The molecule has 9 rings (SSSR count). The SMILES string of the molecule is C=CCc1cccc(C2C3=CCn4c(=O)n(CCc5nc6cc(OC)c(OC)cc6n(C)c5=O)c(=O)n4C3CC3C(=O)N(Nc4ccc(C)cc4)C(=O)C32c2ccccc2)c1O. The summed E-state index contributed by atoms with van der Waals surface area (Å²) in [6, 6.07) is 24.2. The number of allylic oxidation sites excluding steroid dienone is 3. The molecular weight excluding hydrogens is 791 g/mol. The maximum atomic E-state index is 15.5. The van der Waals surface area contributed by atoms with E-state index >= 15 is 4.79 Å². The number of aryl methyl sites for hydroxylation is 3. The van der Waals surface area contributed by atoms with Gasteiger partial charge < -0.3 is 19.1 Å². The van der Waals surface area contributed by atoms with Gasteiger partial charge in [-0.15, -0.1) is 6.58 Å². The third kappa shape index (κ3) is 5.93. The first kappa shape index (κ1) is 40.0. The molecule has 2 N–H and O–H groups in total. The lowest BCUT2D eigenvalue weighted by atomic mass is 9.53. The highest BCUT2D eigenvalue weighted by Gasteiger charge is 2.69. The van der Waals surface area contributed by atoms with Crippen molar-refractivity contribution in [3.8, 4) is 17.2 Å². The van der Waals surface area contributed by atoms with Crippen molar-refractivity contribution in [2.75, 3.05) is 19.6 Å². The van der Waals surface area contributed by atoms with Gasteiger partial charge in [-0.05, 0) is 48.6 Å². The lowest BCUT2D eigenvalue weighted by molar-refractivity contribution is -0.138. The molecule has 1 saturated heterocycles. The summed E-state index contributed by atoms with van der Waals surface area (Å²) in [7, 11) is 4.61. The number of imide groups is 1. The summed E-state index contributed by atoms with van der Waals surface area (Å²) in [6.45, 7) is 5.62. The number of hydrogen-bond acceptors (Lipinski definition) is 10. The summed E-state index contributed by atoms with van der Waals surface area (Å²) in [5, 5.41) is 13.2. The molecule has 2 amide bonds. The summed E-state index contributed by atoms with van der Waals surface area (Å²) in [4.78, 5) is 77.6. The fraction of sp³-hybridized carbons (Fsp3) is 0.277. The van der Waals surface area contributed by atoms with Crippen LogP contribution >= 0.6 is 0 Å². The first-order valence-electron chi connectivity index (χ1n) is 20.4. The van der Waals surface area contributed by atoms with Crippen molar-refractivity contribution >= 4 is 28.5 Å². The van der Waals surface area contributed by atoms with Crippen LogP contribution < -0.4 is 31.8 Å². The Morgan fingerprint density at radius 3 is 2.37 bits per heavy atom. The van der Waals surface area contributed by atoms with E-state index in [9.17, 15) is 24.3 Å². The predicted molar refractivity (Wildman–Crippen MR) is 231 cm³/mol. The number of benzene rings is 4. The van der Waals surface area contributed by atoms with E-state index in [4.69, 9.17) is 9.47 Å². The summed E-state index contributed by atoms with van der Waals surface area (Å²) >= 11 is 0. The molecule has 2 aromatic heterocycles. The second-order valence-corrected chi connectivity index (χ2v) is 16.0. The van der Waals surface area contributed by atoms with Crippen LogP contribution in [-0.2, 0) is 48.0 Å². The normalized spacial score (nSPS) is 20.4. The minimum atomic E-state index is -1.58. The van der Waals surface area contributed by atoms with E-state index in [1.807, 2.05) is 55.5 Å². The van der Waals surface area contributed by atoms with Crippen LogP contribution in [0.4, 0.5) is 5.69 Å². The van der Waals surface area contributed by atoms with E-state index in [0.717, 1.165) is 15.1 Å². The standard InChI is InChI=1S/C47H45N7O8/c1-6-11-28-12-10-15-32(41(28)55)40-31-20-23-52-45(59)51(22-21-34-43(57)50(3)37-26-39(62-5)38(61-4)25-35(37)48-34)46(60)54(52)36(31)24-33-42(56)53(49-30-18-16-27(2)17-19-30)44(58)47(33,40)29-13-8-7-9-14-29/h6-10,12-20,25-26,33,36,40,49,55H,1,11,21-24H2,2-5H3. The van der Waals surface area contributed by atoms with Gasteiger partial charge >= 0.3 is 11.4 Å². The van der Waals surface area contributed by atoms with Crippen LogP contribution in [0, 0.1) is 12.8 Å². The van der Waals surface area contributed by atoms with Crippen LogP contribution in [-0.4, -0.2) is 59.6 Å². The number of hydrazine groups is 1. The molecule has 15 heteroatoms. The third-order valence-corrected chi connectivity index (χ3v) is 12.8. The largest absolute Gasteiger partial charge is 0.507 e. The number of ether oxygens (including phenoxy) is 2. The molecule has 4 unspecified atom stereocenters. The van der Waals surface area contributed by atoms with Crippen molar-refractivity contribution in [3.63, 3.8) is 0 Å². The van der Waals surface area contributed by atoms with Crippen LogP contribution in [0.3, 0.4) is 0 Å². The number of carbonyl (C=O) groups excluding carboxylic acids is 2. The fourth-order valence-corrected chi connectivity index (χ4v) is 9.85. The molecule has 0 bridgehead atoms. The van der Waals surface area contributed by atoms with E-state index in [2.05, 4.69) is 17.0 Å². The van der Waals surface area contributed by atoms with E-state index in [1.165, 1.54) is 28.2 Å². The average molecular weight is 836 g/mol. The molecule has 4 atom stereocenters. The van der Waals surface area contributed by atoms with Gasteiger partial charge in [-0.25, -0.2) is 28.5 Å². The van der Waals surface area contributed by atoms with Crippen LogP contribution in [0.1, 0.15) is 46.3 Å². The number of nitrogens with one attached hydrogen (secondary N) is 1. The van der Waals surface area contributed by atoms with Gasteiger partial charge in [0.05, 0.1) is 54.9 Å². The summed E-state index contributed by atoms with van der Waals surface area (Å²) < 4.78 is 16.1. The number of methoxy groups -OCH3 is 2. The van der Waals surface area contributed by atoms with Gasteiger partial charge in [-0.1, -0.05) is 78.4 Å². The van der Waals surface area contributed by atoms with Crippen molar-refractivity contribution in [1.82, 2.24) is 28.5 Å². The molecule has 1 aliphatic carbocycles. The number of phenolic OH excluding ortho intramolecular Hbond substituents is 1. The van der Waals surface area contributed by atoms with Gasteiger partial charge in [0.15, 0.2) is 11.5 Å². The number of hydrogen-bond donors (Lipinski definition) is 2. The van der Waals surface area contributed by atoms with Crippen LogP contribution in [0.25, 0.3) is 11.0 Å². The number of carbonyl (C=O) groups is 2. The highest BCUT2D eigenvalue weighted by Crippen LogP contribution is 2.63. The second-order valence-electron chi connectivity index (χ2n) is 16.0. The van der Waals surface area contributed by atoms with Crippen molar-refractivity contribution < 1.29 is 24.2 Å². The molecule has 1 saturated carbocycles. The van der Waals surface area contributed by atoms with E-state index in [0.29, 0.717) is 56.9 Å². The number of aromatic nitrogens is 5. The van der Waals surface area contributed by atoms with Gasteiger partial charge in [-0.3, -0.25) is 19.8 Å². The smallest absolute Gasteiger partial charge is 0.347 e. The number of rotatable bonds is 11. The zero-order valence-electron chi connectivity index (χ0n) is 34.7. The third-order valence-electron chi connectivity index (χ3n) is 12.8. The Morgan fingerprint density at radius 1 is 0.935 bits per heavy atom. The fourth-order valence-electron chi connectivity index (χ4n) is 9.85. The molecule has 2 fully saturated rings. The van der Waals surface area contributed by atoms with E-state index < -0.39 is 52.0 Å². The number of nitrogens with zero attached hydrogens (tertiary/aromatic N) is 6. The minimum Gasteiger partial charge on any atom is -0.507 e. The molecule has 2 aliphatic heterocycles. The Balaban J connectivity index is 1.18. The van der Waals surface area contributed by atoms with E-state index in [-0.39, 0.29) is 37.4 Å². The van der Waals surface area contributed by atoms with Gasteiger partial charge in [0.1, 0.15) is 11.4 Å². The Hall–Kier alpha value is -7.42. The number of aromatic hydroxyl groups is 1. The highest BCUT2D eigenvalue weighted by molar-refractivity contribution is 6.12. The molecule has 62 heavy (non-hydrogen) atoms. The Kier molecular flexibility index (Phi) is 9.84. The maximum absolute atomic E-state index is 15.5. The molecule has 0 spiro atoms. The Morgan fingerprint density at radius 2 is 1.66 bits per heavy atom. The van der Waals surface area contributed by atoms with Gasteiger partial charge in [-0.2, -0.15) is 5.01 Å². The lowest BCUT2D eigenvalue weighted by Crippen LogP contribution is -2.53. The first-order chi connectivity index (χ1) is 29.9. The number of anilines is 1. The van der Waals surface area contributed by atoms with Gasteiger partial charge in [0.2, 0.25) is 0 Å². The molecular formula is C47H45N7O8. The lowest BCUT2D eigenvalue weighted by Gasteiger charge is -2.49. The maximum Gasteiger partial charge on any atom is 0.347 e. The minimum absolute atomic E-state index is 0.0115. The van der Waals surface area contributed by atoms with Gasteiger partial charge in [0, 0.05) is 43.6 Å². The predicted octanol–water partition coefficient (Wildman–Crippen LogP) is 4.68.